The Bertz CT molecular complexity index is 1490. The van der Waals surface area contributed by atoms with Crippen LogP contribution in [0.25, 0.3) is 28.0 Å². The predicted molar refractivity (Wildman–Crippen MR) is 137 cm³/mol. The first kappa shape index (κ1) is 25.3. The Kier molecular flexibility index (Phi) is 7.21. The second kappa shape index (κ2) is 10.5. The second-order valence-electron chi connectivity index (χ2n) is 9.05. The van der Waals surface area contributed by atoms with Gasteiger partial charge in [-0.05, 0) is 67.4 Å². The van der Waals surface area contributed by atoms with Crippen LogP contribution in [0.5, 0.6) is 5.75 Å². The number of hydrogen-bond donors (Lipinski definition) is 0. The SMILES string of the molecule is O=S1(=O)CCN(CCCc2cn(-c3ccccc3)c3nc(-c4ccc(OC(F)F)c(F)c4)ccc23)CC1. The minimum Gasteiger partial charge on any atom is -0.432 e. The summed E-state index contributed by atoms with van der Waals surface area (Å²) < 4.78 is 68.9. The number of benzene rings is 2. The lowest BCUT2D eigenvalue weighted by Gasteiger charge is -2.26. The average molecular weight is 530 g/mol. The van der Waals surface area contributed by atoms with Gasteiger partial charge in [-0.2, -0.15) is 8.78 Å². The van der Waals surface area contributed by atoms with Crippen molar-refractivity contribution in [3.05, 3.63) is 78.2 Å². The highest BCUT2D eigenvalue weighted by Crippen LogP contribution is 2.30. The molecule has 4 aromatic rings. The van der Waals surface area contributed by atoms with Gasteiger partial charge >= 0.3 is 6.61 Å². The summed E-state index contributed by atoms with van der Waals surface area (Å²) in [6.45, 7) is -1.16. The number of sulfone groups is 1. The molecule has 37 heavy (non-hydrogen) atoms. The lowest BCUT2D eigenvalue weighted by atomic mass is 10.1. The third-order valence-electron chi connectivity index (χ3n) is 6.57. The van der Waals surface area contributed by atoms with Crippen molar-refractivity contribution < 1.29 is 26.3 Å². The van der Waals surface area contributed by atoms with E-state index >= 15 is 0 Å². The molecule has 0 amide bonds. The zero-order valence-electron chi connectivity index (χ0n) is 20.0. The van der Waals surface area contributed by atoms with E-state index < -0.39 is 28.0 Å². The van der Waals surface area contributed by atoms with Crippen molar-refractivity contribution in [2.45, 2.75) is 19.5 Å². The van der Waals surface area contributed by atoms with E-state index in [1.165, 1.54) is 12.1 Å². The third kappa shape index (κ3) is 5.80. The third-order valence-corrected chi connectivity index (χ3v) is 8.18. The molecular formula is C27H26F3N3O3S. The smallest absolute Gasteiger partial charge is 0.387 e. The van der Waals surface area contributed by atoms with E-state index in [1.54, 1.807) is 6.07 Å². The zero-order chi connectivity index (χ0) is 26.0. The highest BCUT2D eigenvalue weighted by molar-refractivity contribution is 7.91. The van der Waals surface area contributed by atoms with Gasteiger partial charge in [-0.1, -0.05) is 18.2 Å². The molecule has 2 aromatic heterocycles. The molecule has 6 nitrogen and oxygen atoms in total. The maximum Gasteiger partial charge on any atom is 0.387 e. The second-order valence-corrected chi connectivity index (χ2v) is 11.4. The number of aromatic nitrogens is 2. The van der Waals surface area contributed by atoms with Crippen molar-refractivity contribution in [2.24, 2.45) is 0 Å². The largest absolute Gasteiger partial charge is 0.432 e. The van der Waals surface area contributed by atoms with Gasteiger partial charge in [0.2, 0.25) is 0 Å². The maximum atomic E-state index is 14.4. The van der Waals surface area contributed by atoms with Crippen molar-refractivity contribution in [1.29, 1.82) is 0 Å². The van der Waals surface area contributed by atoms with E-state index in [1.807, 2.05) is 41.0 Å². The fraction of sp³-hybridized carbons (Fsp3) is 0.296. The lowest BCUT2D eigenvalue weighted by Crippen LogP contribution is -2.40. The minimum atomic E-state index is -3.11. The number of alkyl halides is 2. The fourth-order valence-electron chi connectivity index (χ4n) is 4.63. The Morgan fingerprint density at radius 3 is 2.46 bits per heavy atom. The number of ether oxygens (including phenoxy) is 1. The molecule has 0 bridgehead atoms. The van der Waals surface area contributed by atoms with Crippen molar-refractivity contribution in [3.63, 3.8) is 0 Å². The standard InChI is InChI=1S/C27H26F3N3O3S/c28-23-17-19(8-11-25(23)36-27(29)30)24-10-9-22-20(5-4-12-32-13-15-37(34,35)16-14-32)18-33(26(22)31-24)21-6-2-1-3-7-21/h1-3,6-11,17-18,27H,4-5,12-16H2. The summed E-state index contributed by atoms with van der Waals surface area (Å²) in [6, 6.07) is 17.3. The van der Waals surface area contributed by atoms with Crippen molar-refractivity contribution >= 4 is 20.9 Å². The molecule has 3 heterocycles. The molecule has 0 N–H and O–H groups in total. The number of fused-ring (bicyclic) bond motifs is 1. The zero-order valence-corrected chi connectivity index (χ0v) is 20.8. The Balaban J connectivity index is 1.43. The van der Waals surface area contributed by atoms with Crippen LogP contribution in [0, 0.1) is 5.82 Å². The molecule has 0 aliphatic carbocycles. The molecule has 2 aromatic carbocycles. The van der Waals surface area contributed by atoms with Crippen LogP contribution in [0.1, 0.15) is 12.0 Å². The summed E-state index contributed by atoms with van der Waals surface area (Å²) in [5, 5.41) is 0.965. The molecule has 0 unspecified atom stereocenters. The number of aryl methyl sites for hydroxylation is 1. The molecule has 1 fully saturated rings. The van der Waals surface area contributed by atoms with Gasteiger partial charge in [0.1, 0.15) is 5.65 Å². The number of halogens is 3. The number of nitrogens with zero attached hydrogens (tertiary/aromatic N) is 3. The van der Waals surface area contributed by atoms with Gasteiger partial charge in [0.05, 0.1) is 17.2 Å². The van der Waals surface area contributed by atoms with Crippen molar-refractivity contribution in [3.8, 4) is 22.7 Å². The van der Waals surface area contributed by atoms with Crippen LogP contribution >= 0.6 is 0 Å². The lowest BCUT2D eigenvalue weighted by molar-refractivity contribution is -0.0521. The summed E-state index contributed by atoms with van der Waals surface area (Å²) in [6.07, 6.45) is 3.71. The highest BCUT2D eigenvalue weighted by atomic mass is 32.2. The number of rotatable bonds is 8. The summed E-state index contributed by atoms with van der Waals surface area (Å²) in [5.74, 6) is -0.975. The van der Waals surface area contributed by atoms with Gasteiger partial charge in [-0.15, -0.1) is 0 Å². The summed E-state index contributed by atoms with van der Waals surface area (Å²) in [4.78, 5) is 7.00. The van der Waals surface area contributed by atoms with Crippen LogP contribution in [0.2, 0.25) is 0 Å². The van der Waals surface area contributed by atoms with E-state index in [2.05, 4.69) is 15.8 Å². The molecule has 10 heteroatoms. The van der Waals surface area contributed by atoms with Crippen LogP contribution in [0.4, 0.5) is 13.2 Å². The molecule has 0 spiro atoms. The van der Waals surface area contributed by atoms with Crippen molar-refractivity contribution in [2.75, 3.05) is 31.1 Å². The topological polar surface area (TPSA) is 64.4 Å². The molecule has 1 aliphatic heterocycles. The van der Waals surface area contributed by atoms with Gasteiger partial charge in [-0.25, -0.2) is 17.8 Å². The number of pyridine rings is 1. The Morgan fingerprint density at radius 2 is 1.76 bits per heavy atom. The first-order valence-electron chi connectivity index (χ1n) is 12.0. The van der Waals surface area contributed by atoms with E-state index in [-0.39, 0.29) is 11.5 Å². The number of para-hydroxylation sites is 1. The summed E-state index contributed by atoms with van der Waals surface area (Å²) >= 11 is 0. The predicted octanol–water partition coefficient (Wildman–Crippen LogP) is 5.10. The van der Waals surface area contributed by atoms with E-state index in [0.717, 1.165) is 42.1 Å². The first-order valence-corrected chi connectivity index (χ1v) is 13.9. The average Bonchev–Trinajstić information content (AvgIpc) is 3.24. The van der Waals surface area contributed by atoms with Crippen LogP contribution in [0.3, 0.4) is 0 Å². The molecule has 0 atom stereocenters. The summed E-state index contributed by atoms with van der Waals surface area (Å²) in [7, 11) is -2.90. The van der Waals surface area contributed by atoms with Crippen LogP contribution in [-0.4, -0.2) is 60.6 Å². The van der Waals surface area contributed by atoms with Crippen LogP contribution < -0.4 is 4.74 Å². The molecule has 0 saturated carbocycles. The Morgan fingerprint density at radius 1 is 1.00 bits per heavy atom. The highest BCUT2D eigenvalue weighted by Gasteiger charge is 2.21. The van der Waals surface area contributed by atoms with Gasteiger partial charge in [0, 0.05) is 35.9 Å². The van der Waals surface area contributed by atoms with E-state index in [0.29, 0.717) is 30.0 Å². The maximum absolute atomic E-state index is 14.4. The fourth-order valence-corrected chi connectivity index (χ4v) is 5.91. The van der Waals surface area contributed by atoms with Crippen molar-refractivity contribution in [1.82, 2.24) is 14.5 Å². The molecular weight excluding hydrogens is 503 g/mol. The normalized spacial score (nSPS) is 15.9. The molecule has 0 radical (unpaired) electrons. The molecule has 1 saturated heterocycles. The van der Waals surface area contributed by atoms with Gasteiger partial charge in [0.25, 0.3) is 0 Å². The van der Waals surface area contributed by atoms with E-state index in [4.69, 9.17) is 4.98 Å². The van der Waals surface area contributed by atoms with Crippen LogP contribution in [-0.2, 0) is 16.3 Å². The summed E-state index contributed by atoms with van der Waals surface area (Å²) in [5.41, 5.74) is 3.69. The molecule has 194 valence electrons. The van der Waals surface area contributed by atoms with Crippen LogP contribution in [0.15, 0.2) is 66.9 Å². The quantitative estimate of drug-likeness (QED) is 0.318. The van der Waals surface area contributed by atoms with Gasteiger partial charge in [-0.3, -0.25) is 0 Å². The first-order chi connectivity index (χ1) is 17.8. The van der Waals surface area contributed by atoms with E-state index in [9.17, 15) is 21.6 Å². The Hall–Kier alpha value is -3.37. The monoisotopic (exact) mass is 529 g/mol. The van der Waals surface area contributed by atoms with Gasteiger partial charge in [0.15, 0.2) is 21.4 Å². The van der Waals surface area contributed by atoms with Gasteiger partial charge < -0.3 is 14.2 Å². The molecule has 5 rings (SSSR count). The minimum absolute atomic E-state index is 0.211. The molecule has 1 aliphatic rings. The number of hydrogen-bond acceptors (Lipinski definition) is 5. The Labute approximate surface area is 213 Å².